The Morgan fingerprint density at radius 1 is 1.06 bits per heavy atom. The molecule has 3 rings (SSSR count). The first-order chi connectivity index (χ1) is 15.9. The number of benzene rings is 3. The summed E-state index contributed by atoms with van der Waals surface area (Å²) < 4.78 is 11.9. The number of nitrogens with zero attached hydrogens (tertiary/aromatic N) is 1. The van der Waals surface area contributed by atoms with E-state index in [2.05, 4.69) is 31.8 Å². The van der Waals surface area contributed by atoms with E-state index in [0.29, 0.717) is 28.1 Å². The fourth-order valence-corrected chi connectivity index (χ4v) is 3.60. The van der Waals surface area contributed by atoms with Crippen LogP contribution >= 0.6 is 39.1 Å². The van der Waals surface area contributed by atoms with Gasteiger partial charge in [-0.2, -0.15) is 5.10 Å². The van der Waals surface area contributed by atoms with E-state index in [1.54, 1.807) is 24.3 Å². The van der Waals surface area contributed by atoms with Crippen molar-refractivity contribution in [2.24, 2.45) is 5.10 Å². The van der Waals surface area contributed by atoms with Gasteiger partial charge in [-0.05, 0) is 51.3 Å². The molecule has 2 N–H and O–H groups in total. The minimum Gasteiger partial charge on any atom is -0.493 e. The first-order valence-corrected chi connectivity index (χ1v) is 11.1. The summed E-state index contributed by atoms with van der Waals surface area (Å²) in [5, 5.41) is 6.59. The van der Waals surface area contributed by atoms with Crippen molar-refractivity contribution in [2.75, 3.05) is 12.4 Å². The van der Waals surface area contributed by atoms with E-state index in [4.69, 9.17) is 32.7 Å². The van der Waals surface area contributed by atoms with Crippen molar-refractivity contribution in [2.45, 2.75) is 6.61 Å². The van der Waals surface area contributed by atoms with E-state index >= 15 is 0 Å². The van der Waals surface area contributed by atoms with Crippen molar-refractivity contribution in [1.29, 1.82) is 0 Å². The highest BCUT2D eigenvalue weighted by Crippen LogP contribution is 2.37. The number of hydrogen-bond acceptors (Lipinski definition) is 5. The molecule has 0 saturated heterocycles. The van der Waals surface area contributed by atoms with Crippen LogP contribution < -0.4 is 20.2 Å². The molecule has 0 bridgehead atoms. The van der Waals surface area contributed by atoms with Gasteiger partial charge in [0.25, 0.3) is 0 Å². The second-order valence-electron chi connectivity index (χ2n) is 6.56. The highest BCUT2D eigenvalue weighted by molar-refractivity contribution is 9.10. The van der Waals surface area contributed by atoms with Gasteiger partial charge in [-0.1, -0.05) is 59.6 Å². The van der Waals surface area contributed by atoms with Crippen molar-refractivity contribution < 1.29 is 19.1 Å². The Balaban J connectivity index is 1.63. The molecule has 0 radical (unpaired) electrons. The number of hydrazone groups is 1. The number of carbonyl (C=O) groups is 2. The van der Waals surface area contributed by atoms with Gasteiger partial charge in [0.1, 0.15) is 6.61 Å². The van der Waals surface area contributed by atoms with Crippen LogP contribution in [0.4, 0.5) is 5.69 Å². The molecule has 33 heavy (non-hydrogen) atoms. The number of halogens is 3. The Hall–Kier alpha value is -3.07. The van der Waals surface area contributed by atoms with Gasteiger partial charge in [0.2, 0.25) is 0 Å². The van der Waals surface area contributed by atoms with E-state index in [-0.39, 0.29) is 15.7 Å². The Morgan fingerprint density at radius 3 is 2.55 bits per heavy atom. The molecule has 0 spiro atoms. The molecule has 3 aromatic rings. The number of hydrogen-bond donors (Lipinski definition) is 2. The smallest absolute Gasteiger partial charge is 0.329 e. The number of ether oxygens (including phenoxy) is 2. The van der Waals surface area contributed by atoms with Crippen LogP contribution in [0.3, 0.4) is 0 Å². The van der Waals surface area contributed by atoms with Crippen LogP contribution in [0.2, 0.25) is 10.0 Å². The van der Waals surface area contributed by atoms with E-state index < -0.39 is 11.8 Å². The third-order valence-corrected chi connectivity index (χ3v) is 5.67. The van der Waals surface area contributed by atoms with Crippen molar-refractivity contribution >= 4 is 62.8 Å². The molecule has 10 heteroatoms. The molecule has 7 nitrogen and oxygen atoms in total. The van der Waals surface area contributed by atoms with Crippen LogP contribution in [0.1, 0.15) is 11.1 Å². The number of anilines is 1. The molecule has 2 amide bonds. The van der Waals surface area contributed by atoms with Gasteiger partial charge in [-0.3, -0.25) is 9.59 Å². The van der Waals surface area contributed by atoms with Gasteiger partial charge < -0.3 is 14.8 Å². The van der Waals surface area contributed by atoms with Crippen LogP contribution in [0.15, 0.2) is 70.2 Å². The topological polar surface area (TPSA) is 89.0 Å². The van der Waals surface area contributed by atoms with Gasteiger partial charge in [-0.15, -0.1) is 0 Å². The van der Waals surface area contributed by atoms with Gasteiger partial charge in [-0.25, -0.2) is 5.43 Å². The lowest BCUT2D eigenvalue weighted by atomic mass is 10.2. The molecule has 0 saturated carbocycles. The molecule has 0 aliphatic heterocycles. The predicted molar refractivity (Wildman–Crippen MR) is 132 cm³/mol. The molecule has 0 heterocycles. The highest BCUT2D eigenvalue weighted by atomic mass is 79.9. The zero-order valence-electron chi connectivity index (χ0n) is 17.3. The molecule has 0 atom stereocenters. The van der Waals surface area contributed by atoms with Gasteiger partial charge in [0, 0.05) is 0 Å². The Bertz CT molecular complexity index is 1190. The Morgan fingerprint density at radius 2 is 1.82 bits per heavy atom. The first kappa shape index (κ1) is 24.6. The number of methoxy groups -OCH3 is 1. The summed E-state index contributed by atoms with van der Waals surface area (Å²) in [7, 11) is 1.52. The highest BCUT2D eigenvalue weighted by Gasteiger charge is 2.16. The van der Waals surface area contributed by atoms with E-state index in [0.717, 1.165) is 5.56 Å². The summed E-state index contributed by atoms with van der Waals surface area (Å²) in [6.07, 6.45) is 1.37. The number of rotatable bonds is 7. The second-order valence-corrected chi connectivity index (χ2v) is 8.20. The lowest BCUT2D eigenvalue weighted by Crippen LogP contribution is -2.32. The summed E-state index contributed by atoms with van der Waals surface area (Å²) >= 11 is 15.4. The molecule has 0 aliphatic rings. The zero-order chi connectivity index (χ0) is 23.8. The molecule has 3 aromatic carbocycles. The summed E-state index contributed by atoms with van der Waals surface area (Å²) in [5.41, 5.74) is 3.99. The van der Waals surface area contributed by atoms with Gasteiger partial charge in [0.05, 0.1) is 33.5 Å². The SMILES string of the molecule is COc1cc(/C=N/NC(=O)C(=O)Nc2cccc(Cl)c2Cl)cc(Br)c1OCc1ccccc1. The summed E-state index contributed by atoms with van der Waals surface area (Å²) in [4.78, 5) is 24.1. The maximum Gasteiger partial charge on any atom is 0.329 e. The summed E-state index contributed by atoms with van der Waals surface area (Å²) in [5.74, 6) is -0.919. The second kappa shape index (κ2) is 11.7. The third kappa shape index (κ3) is 6.71. The number of amides is 2. The van der Waals surface area contributed by atoms with Gasteiger partial charge >= 0.3 is 11.8 Å². The quantitative estimate of drug-likeness (QED) is 0.233. The molecule has 0 unspecified atom stereocenters. The first-order valence-electron chi connectivity index (χ1n) is 9.51. The fraction of sp³-hybridized carbons (Fsp3) is 0.0870. The lowest BCUT2D eigenvalue weighted by molar-refractivity contribution is -0.136. The maximum atomic E-state index is 12.1. The van der Waals surface area contributed by atoms with Crippen LogP contribution in [-0.4, -0.2) is 25.1 Å². The van der Waals surface area contributed by atoms with Gasteiger partial charge in [0.15, 0.2) is 11.5 Å². The average Bonchev–Trinajstić information content (AvgIpc) is 2.81. The molecule has 0 aliphatic carbocycles. The third-order valence-electron chi connectivity index (χ3n) is 4.26. The van der Waals surface area contributed by atoms with E-state index in [1.807, 2.05) is 30.3 Å². The predicted octanol–water partition coefficient (Wildman–Crippen LogP) is 5.43. The Labute approximate surface area is 208 Å². The van der Waals surface area contributed by atoms with Crippen LogP contribution in [0, 0.1) is 0 Å². The molecule has 170 valence electrons. The van der Waals surface area contributed by atoms with Crippen molar-refractivity contribution in [3.63, 3.8) is 0 Å². The lowest BCUT2D eigenvalue weighted by Gasteiger charge is -2.13. The fourth-order valence-electron chi connectivity index (χ4n) is 2.68. The van der Waals surface area contributed by atoms with Crippen LogP contribution in [0.25, 0.3) is 0 Å². The molecule has 0 fully saturated rings. The number of carbonyl (C=O) groups excluding carboxylic acids is 2. The monoisotopic (exact) mass is 549 g/mol. The van der Waals surface area contributed by atoms with Crippen LogP contribution in [0.5, 0.6) is 11.5 Å². The standard InChI is InChI=1S/C23H18BrCl2N3O4/c1-32-19-11-15(10-16(24)21(19)33-13-14-6-3-2-4-7-14)12-27-29-23(31)22(30)28-18-9-5-8-17(25)20(18)26/h2-12H,13H2,1H3,(H,28,30)(H,29,31)/b27-12+. The molecule has 0 aromatic heterocycles. The maximum absolute atomic E-state index is 12.1. The van der Waals surface area contributed by atoms with E-state index in [9.17, 15) is 9.59 Å². The minimum atomic E-state index is -0.976. The number of nitrogens with one attached hydrogen (secondary N) is 2. The average molecular weight is 551 g/mol. The normalized spacial score (nSPS) is 10.7. The summed E-state index contributed by atoms with van der Waals surface area (Å²) in [6, 6.07) is 17.8. The van der Waals surface area contributed by atoms with E-state index in [1.165, 1.54) is 19.4 Å². The Kier molecular flexibility index (Phi) is 8.71. The van der Waals surface area contributed by atoms with Crippen molar-refractivity contribution in [3.8, 4) is 11.5 Å². The largest absolute Gasteiger partial charge is 0.493 e. The molecular formula is C23H18BrCl2N3O4. The molecular weight excluding hydrogens is 533 g/mol. The van der Waals surface area contributed by atoms with Crippen LogP contribution in [-0.2, 0) is 16.2 Å². The minimum absolute atomic E-state index is 0.135. The van der Waals surface area contributed by atoms with Crippen molar-refractivity contribution in [1.82, 2.24) is 5.43 Å². The zero-order valence-corrected chi connectivity index (χ0v) is 20.4. The summed E-state index contributed by atoms with van der Waals surface area (Å²) in [6.45, 7) is 0.366. The van der Waals surface area contributed by atoms with Crippen molar-refractivity contribution in [3.05, 3.63) is 86.3 Å².